The fourth-order valence-electron chi connectivity index (χ4n) is 2.07. The summed E-state index contributed by atoms with van der Waals surface area (Å²) >= 11 is 0. The molecule has 4 heteroatoms. The van der Waals surface area contributed by atoms with Gasteiger partial charge >= 0.3 is 0 Å². The molecule has 1 aromatic heterocycles. The largest absolute Gasteiger partial charge is 0.399 e. The quantitative estimate of drug-likeness (QED) is 0.671. The Morgan fingerprint density at radius 3 is 2.56 bits per heavy atom. The number of nitrogens with two attached hydrogens (primary N) is 1. The van der Waals surface area contributed by atoms with Crippen molar-refractivity contribution in [1.29, 1.82) is 0 Å². The molecule has 4 nitrogen and oxygen atoms in total. The van der Waals surface area contributed by atoms with Gasteiger partial charge in [0.25, 0.3) is 5.56 Å². The summed E-state index contributed by atoms with van der Waals surface area (Å²) in [4.78, 5) is 11.7. The molecule has 3 rings (SSSR count). The predicted molar refractivity (Wildman–Crippen MR) is 72.5 cm³/mol. The smallest absolute Gasteiger partial charge is 0.271 e. The van der Waals surface area contributed by atoms with Gasteiger partial charge in [-0.3, -0.25) is 14.6 Å². The van der Waals surface area contributed by atoms with Crippen LogP contribution in [0.3, 0.4) is 0 Å². The Labute approximate surface area is 104 Å². The fourth-order valence-corrected chi connectivity index (χ4v) is 2.07. The molecule has 0 spiro atoms. The summed E-state index contributed by atoms with van der Waals surface area (Å²) in [5.74, 6) is 0. The number of nitrogens with zero attached hydrogens (tertiary/aromatic N) is 1. The van der Waals surface area contributed by atoms with Crippen molar-refractivity contribution in [2.45, 2.75) is 6.54 Å². The Hall–Kier alpha value is -2.49. The van der Waals surface area contributed by atoms with E-state index in [9.17, 15) is 4.79 Å². The number of para-hydroxylation sites is 1. The second-order valence-electron chi connectivity index (χ2n) is 4.29. The normalized spacial score (nSPS) is 10.9. The van der Waals surface area contributed by atoms with Crippen LogP contribution in [0.2, 0.25) is 0 Å². The molecule has 0 fully saturated rings. The summed E-state index contributed by atoms with van der Waals surface area (Å²) in [5, 5.41) is 3.56. The number of aromatic amines is 1. The number of aromatic nitrogens is 2. The van der Waals surface area contributed by atoms with Gasteiger partial charge < -0.3 is 5.73 Å². The Morgan fingerprint density at radius 2 is 1.78 bits per heavy atom. The molecule has 1 heterocycles. The van der Waals surface area contributed by atoms with Crippen LogP contribution in [0.4, 0.5) is 5.69 Å². The number of anilines is 1. The van der Waals surface area contributed by atoms with Gasteiger partial charge in [-0.25, -0.2) is 0 Å². The number of H-pyrrole nitrogens is 1. The van der Waals surface area contributed by atoms with Crippen LogP contribution in [0.5, 0.6) is 0 Å². The van der Waals surface area contributed by atoms with E-state index in [2.05, 4.69) is 5.10 Å². The molecular formula is C14H13N3O. The Kier molecular flexibility index (Phi) is 2.41. The van der Waals surface area contributed by atoms with Gasteiger partial charge in [0.1, 0.15) is 0 Å². The number of nitrogen functional groups attached to an aromatic ring is 1. The first-order valence-corrected chi connectivity index (χ1v) is 5.76. The Bertz CT molecular complexity index is 738. The first kappa shape index (κ1) is 10.7. The highest BCUT2D eigenvalue weighted by atomic mass is 16.1. The van der Waals surface area contributed by atoms with E-state index in [0.717, 1.165) is 16.8 Å². The zero-order chi connectivity index (χ0) is 12.5. The van der Waals surface area contributed by atoms with E-state index in [1.54, 1.807) is 0 Å². The highest BCUT2D eigenvalue weighted by molar-refractivity contribution is 5.78. The van der Waals surface area contributed by atoms with Crippen molar-refractivity contribution < 1.29 is 0 Å². The van der Waals surface area contributed by atoms with Crippen LogP contribution in [-0.4, -0.2) is 9.78 Å². The van der Waals surface area contributed by atoms with Gasteiger partial charge in [0.2, 0.25) is 0 Å². The highest BCUT2D eigenvalue weighted by Crippen LogP contribution is 2.12. The van der Waals surface area contributed by atoms with Gasteiger partial charge in [-0.2, -0.15) is 0 Å². The van der Waals surface area contributed by atoms with E-state index in [4.69, 9.17) is 5.73 Å². The summed E-state index contributed by atoms with van der Waals surface area (Å²) in [6.45, 7) is 0.628. The molecule has 90 valence electrons. The van der Waals surface area contributed by atoms with Gasteiger partial charge in [-0.1, -0.05) is 24.3 Å². The van der Waals surface area contributed by atoms with Gasteiger partial charge in [-0.15, -0.1) is 0 Å². The zero-order valence-electron chi connectivity index (χ0n) is 9.76. The number of fused-ring (bicyclic) bond motifs is 1. The predicted octanol–water partition coefficient (Wildman–Crippen LogP) is 1.96. The minimum absolute atomic E-state index is 0.0546. The van der Waals surface area contributed by atoms with E-state index >= 15 is 0 Å². The van der Waals surface area contributed by atoms with Crippen LogP contribution in [-0.2, 0) is 6.54 Å². The second kappa shape index (κ2) is 4.07. The lowest BCUT2D eigenvalue weighted by Crippen LogP contribution is -2.06. The monoisotopic (exact) mass is 239 g/mol. The van der Waals surface area contributed by atoms with Gasteiger partial charge in [-0.05, 0) is 29.8 Å². The van der Waals surface area contributed by atoms with Crippen LogP contribution in [0.1, 0.15) is 5.56 Å². The molecule has 0 unspecified atom stereocenters. The van der Waals surface area contributed by atoms with Crippen molar-refractivity contribution in [1.82, 2.24) is 9.78 Å². The topological polar surface area (TPSA) is 63.8 Å². The van der Waals surface area contributed by atoms with E-state index in [0.29, 0.717) is 11.9 Å². The SMILES string of the molecule is Nc1ccc(Cn2[nH]c(=O)c3ccccc32)cc1. The van der Waals surface area contributed by atoms with Crippen molar-refractivity contribution in [3.05, 3.63) is 64.4 Å². The van der Waals surface area contributed by atoms with Crippen molar-refractivity contribution in [2.75, 3.05) is 5.73 Å². The molecule has 0 atom stereocenters. The average molecular weight is 239 g/mol. The molecule has 0 saturated heterocycles. The van der Waals surface area contributed by atoms with Gasteiger partial charge in [0.05, 0.1) is 17.4 Å². The van der Waals surface area contributed by atoms with E-state index in [1.165, 1.54) is 0 Å². The molecule has 3 aromatic rings. The zero-order valence-corrected chi connectivity index (χ0v) is 9.76. The van der Waals surface area contributed by atoms with E-state index in [1.807, 2.05) is 53.2 Å². The fraction of sp³-hybridized carbons (Fsp3) is 0.0714. The lowest BCUT2D eigenvalue weighted by atomic mass is 10.2. The van der Waals surface area contributed by atoms with Crippen LogP contribution in [0.15, 0.2) is 53.3 Å². The minimum Gasteiger partial charge on any atom is -0.399 e. The van der Waals surface area contributed by atoms with Crippen LogP contribution in [0, 0.1) is 0 Å². The average Bonchev–Trinajstić information content (AvgIpc) is 2.70. The highest BCUT2D eigenvalue weighted by Gasteiger charge is 2.05. The first-order chi connectivity index (χ1) is 8.74. The standard InChI is InChI=1S/C14H13N3O/c15-11-7-5-10(6-8-11)9-17-13-4-2-1-3-12(13)14(18)16-17/h1-8H,9,15H2,(H,16,18). The minimum atomic E-state index is -0.0546. The Balaban J connectivity index is 2.05. The van der Waals surface area contributed by atoms with Crippen LogP contribution < -0.4 is 11.3 Å². The number of rotatable bonds is 2. The molecule has 0 radical (unpaired) electrons. The summed E-state index contributed by atoms with van der Waals surface area (Å²) in [7, 11) is 0. The van der Waals surface area contributed by atoms with Crippen LogP contribution >= 0.6 is 0 Å². The summed E-state index contributed by atoms with van der Waals surface area (Å²) in [6.07, 6.45) is 0. The second-order valence-corrected chi connectivity index (χ2v) is 4.29. The molecule has 3 N–H and O–H groups in total. The third-order valence-electron chi connectivity index (χ3n) is 3.00. The molecule has 0 aliphatic heterocycles. The van der Waals surface area contributed by atoms with Gasteiger partial charge in [0.15, 0.2) is 0 Å². The number of hydrogen-bond acceptors (Lipinski definition) is 2. The van der Waals surface area contributed by atoms with Crippen molar-refractivity contribution in [2.24, 2.45) is 0 Å². The van der Waals surface area contributed by atoms with Crippen molar-refractivity contribution in [3.63, 3.8) is 0 Å². The summed E-state index contributed by atoms with van der Waals surface area (Å²) < 4.78 is 1.85. The van der Waals surface area contributed by atoms with Crippen molar-refractivity contribution in [3.8, 4) is 0 Å². The maximum atomic E-state index is 11.7. The molecule has 0 aliphatic carbocycles. The van der Waals surface area contributed by atoms with Crippen molar-refractivity contribution >= 4 is 16.6 Å². The van der Waals surface area contributed by atoms with E-state index in [-0.39, 0.29) is 5.56 Å². The third-order valence-corrected chi connectivity index (χ3v) is 3.00. The van der Waals surface area contributed by atoms with Crippen LogP contribution in [0.25, 0.3) is 10.9 Å². The maximum Gasteiger partial charge on any atom is 0.271 e. The molecular weight excluding hydrogens is 226 g/mol. The number of hydrogen-bond donors (Lipinski definition) is 2. The molecule has 0 saturated carbocycles. The van der Waals surface area contributed by atoms with E-state index < -0.39 is 0 Å². The molecule has 18 heavy (non-hydrogen) atoms. The summed E-state index contributed by atoms with van der Waals surface area (Å²) in [5.41, 5.74) is 8.35. The maximum absolute atomic E-state index is 11.7. The molecule has 0 aliphatic rings. The lowest BCUT2D eigenvalue weighted by Gasteiger charge is -2.05. The molecule has 0 bridgehead atoms. The number of nitrogens with one attached hydrogen (secondary N) is 1. The lowest BCUT2D eigenvalue weighted by molar-refractivity contribution is 0.703. The first-order valence-electron chi connectivity index (χ1n) is 5.76. The Morgan fingerprint density at radius 1 is 1.06 bits per heavy atom. The summed E-state index contributed by atoms with van der Waals surface area (Å²) in [6, 6.07) is 15.2. The number of benzene rings is 2. The third kappa shape index (κ3) is 1.78. The van der Waals surface area contributed by atoms with Gasteiger partial charge in [0, 0.05) is 5.69 Å². The molecule has 0 amide bonds. The molecule has 2 aromatic carbocycles.